The maximum Gasteiger partial charge on any atom is 0.306 e. The molecule has 1 aliphatic rings. The van der Waals surface area contributed by atoms with E-state index in [-0.39, 0.29) is 5.92 Å². The fraction of sp³-hybridized carbons (Fsp3) is 0.938. The smallest absolute Gasteiger partial charge is 0.306 e. The molecule has 3 unspecified atom stereocenters. The summed E-state index contributed by atoms with van der Waals surface area (Å²) in [7, 11) is 0. The van der Waals surface area contributed by atoms with Gasteiger partial charge in [-0.25, -0.2) is 0 Å². The standard InChI is InChI=1S/C16H30O2S/c1-11(2)19-9-8-12-10-13(16(3,4)5)6-7-14(12)15(17)18/h11-14H,6-10H2,1-5H3,(H,17,18). The van der Waals surface area contributed by atoms with E-state index >= 15 is 0 Å². The number of hydrogen-bond acceptors (Lipinski definition) is 2. The Balaban J connectivity index is 2.60. The van der Waals surface area contributed by atoms with Crippen molar-refractivity contribution in [2.24, 2.45) is 23.2 Å². The number of rotatable bonds is 5. The molecule has 1 rings (SSSR count). The number of carboxylic acids is 1. The van der Waals surface area contributed by atoms with Crippen molar-refractivity contribution in [1.82, 2.24) is 0 Å². The molecule has 0 aromatic rings. The van der Waals surface area contributed by atoms with E-state index in [0.717, 1.165) is 31.4 Å². The molecule has 1 fully saturated rings. The highest BCUT2D eigenvalue weighted by Crippen LogP contribution is 2.44. The van der Waals surface area contributed by atoms with Crippen LogP contribution in [-0.4, -0.2) is 22.1 Å². The van der Waals surface area contributed by atoms with E-state index in [1.54, 1.807) is 0 Å². The molecule has 0 aliphatic heterocycles. The van der Waals surface area contributed by atoms with Crippen molar-refractivity contribution in [2.75, 3.05) is 5.75 Å². The lowest BCUT2D eigenvalue weighted by atomic mass is 9.65. The molecule has 2 nitrogen and oxygen atoms in total. The van der Waals surface area contributed by atoms with E-state index in [0.29, 0.717) is 22.5 Å². The highest BCUT2D eigenvalue weighted by Gasteiger charge is 2.38. The van der Waals surface area contributed by atoms with Crippen LogP contribution in [0.1, 0.15) is 60.3 Å². The number of carbonyl (C=O) groups is 1. The Morgan fingerprint density at radius 1 is 1.32 bits per heavy atom. The molecule has 0 radical (unpaired) electrons. The molecular formula is C16H30O2S. The van der Waals surface area contributed by atoms with Gasteiger partial charge in [-0.3, -0.25) is 4.79 Å². The third-order valence-corrected chi connectivity index (χ3v) is 5.60. The molecule has 3 atom stereocenters. The van der Waals surface area contributed by atoms with Crippen molar-refractivity contribution in [3.05, 3.63) is 0 Å². The Bertz CT molecular complexity index is 294. The first-order valence-corrected chi connectivity index (χ1v) is 8.61. The fourth-order valence-electron chi connectivity index (χ4n) is 3.15. The zero-order valence-electron chi connectivity index (χ0n) is 13.1. The maximum absolute atomic E-state index is 11.4. The van der Waals surface area contributed by atoms with E-state index in [1.807, 2.05) is 11.8 Å². The summed E-state index contributed by atoms with van der Waals surface area (Å²) < 4.78 is 0. The highest BCUT2D eigenvalue weighted by atomic mass is 32.2. The summed E-state index contributed by atoms with van der Waals surface area (Å²) in [6, 6.07) is 0. The lowest BCUT2D eigenvalue weighted by molar-refractivity contribution is -0.146. The van der Waals surface area contributed by atoms with Crippen molar-refractivity contribution in [3.8, 4) is 0 Å². The number of hydrogen-bond donors (Lipinski definition) is 1. The summed E-state index contributed by atoms with van der Waals surface area (Å²) in [5, 5.41) is 10.0. The van der Waals surface area contributed by atoms with Crippen LogP contribution in [0.25, 0.3) is 0 Å². The van der Waals surface area contributed by atoms with Gasteiger partial charge in [0.1, 0.15) is 0 Å². The second kappa shape index (κ2) is 7.01. The molecule has 0 bridgehead atoms. The van der Waals surface area contributed by atoms with Gasteiger partial charge < -0.3 is 5.11 Å². The maximum atomic E-state index is 11.4. The van der Waals surface area contributed by atoms with Gasteiger partial charge in [-0.2, -0.15) is 11.8 Å². The minimum Gasteiger partial charge on any atom is -0.481 e. The molecule has 0 spiro atoms. The molecule has 0 amide bonds. The molecule has 0 aromatic heterocycles. The van der Waals surface area contributed by atoms with Gasteiger partial charge in [0.05, 0.1) is 5.92 Å². The van der Waals surface area contributed by atoms with E-state index in [1.165, 1.54) is 0 Å². The monoisotopic (exact) mass is 286 g/mol. The zero-order valence-corrected chi connectivity index (χ0v) is 13.9. The number of thioether (sulfide) groups is 1. The number of aliphatic carboxylic acids is 1. The Morgan fingerprint density at radius 3 is 2.42 bits per heavy atom. The van der Waals surface area contributed by atoms with Gasteiger partial charge in [0, 0.05) is 0 Å². The van der Waals surface area contributed by atoms with Crippen molar-refractivity contribution in [1.29, 1.82) is 0 Å². The minimum absolute atomic E-state index is 0.105. The van der Waals surface area contributed by atoms with E-state index < -0.39 is 5.97 Å². The predicted octanol–water partition coefficient (Wildman–Crippen LogP) is 4.68. The van der Waals surface area contributed by atoms with Crippen LogP contribution >= 0.6 is 11.8 Å². The van der Waals surface area contributed by atoms with Crippen LogP contribution in [0, 0.1) is 23.2 Å². The Hall–Kier alpha value is -0.180. The van der Waals surface area contributed by atoms with Crippen molar-refractivity contribution in [2.45, 2.75) is 65.6 Å². The average molecular weight is 286 g/mol. The molecule has 1 saturated carbocycles. The quantitative estimate of drug-likeness (QED) is 0.797. The summed E-state index contributed by atoms with van der Waals surface area (Å²) >= 11 is 1.95. The molecule has 0 aromatic carbocycles. The molecular weight excluding hydrogens is 256 g/mol. The Morgan fingerprint density at radius 2 is 1.95 bits per heavy atom. The summed E-state index contributed by atoms with van der Waals surface area (Å²) in [5.41, 5.74) is 0.312. The topological polar surface area (TPSA) is 37.3 Å². The number of carboxylic acid groups (broad SMARTS) is 1. The van der Waals surface area contributed by atoms with Crippen LogP contribution in [-0.2, 0) is 4.79 Å². The van der Waals surface area contributed by atoms with Gasteiger partial charge in [-0.05, 0) is 53.9 Å². The van der Waals surface area contributed by atoms with Crippen molar-refractivity contribution < 1.29 is 9.90 Å². The average Bonchev–Trinajstić information content (AvgIpc) is 2.26. The summed E-state index contributed by atoms with van der Waals surface area (Å²) in [6.45, 7) is 11.3. The van der Waals surface area contributed by atoms with Crippen LogP contribution in [0.5, 0.6) is 0 Å². The normalized spacial score (nSPS) is 28.6. The predicted molar refractivity (Wildman–Crippen MR) is 83.6 cm³/mol. The van der Waals surface area contributed by atoms with Crippen LogP contribution in [0.15, 0.2) is 0 Å². The van der Waals surface area contributed by atoms with Gasteiger partial charge in [0.2, 0.25) is 0 Å². The molecule has 0 heterocycles. The fourth-order valence-corrected chi connectivity index (χ4v) is 4.06. The summed E-state index contributed by atoms with van der Waals surface area (Å²) in [4.78, 5) is 11.4. The van der Waals surface area contributed by atoms with Crippen LogP contribution in [0.3, 0.4) is 0 Å². The second-order valence-corrected chi connectivity index (χ2v) is 8.97. The molecule has 1 aliphatic carbocycles. The lowest BCUT2D eigenvalue weighted by Gasteiger charge is -2.40. The van der Waals surface area contributed by atoms with Crippen molar-refractivity contribution in [3.63, 3.8) is 0 Å². The SMILES string of the molecule is CC(C)SCCC1CC(C(C)(C)C)CCC1C(=O)O. The molecule has 1 N–H and O–H groups in total. The molecule has 3 heteroatoms. The third kappa shape index (κ3) is 5.37. The second-order valence-electron chi connectivity index (χ2n) is 7.29. The highest BCUT2D eigenvalue weighted by molar-refractivity contribution is 7.99. The van der Waals surface area contributed by atoms with Crippen LogP contribution < -0.4 is 0 Å². The zero-order chi connectivity index (χ0) is 14.6. The third-order valence-electron chi connectivity index (χ3n) is 4.46. The lowest BCUT2D eigenvalue weighted by Crippen LogP contribution is -2.35. The summed E-state index contributed by atoms with van der Waals surface area (Å²) in [5.74, 6) is 1.47. The Labute approximate surface area is 122 Å². The van der Waals surface area contributed by atoms with Crippen LogP contribution in [0.2, 0.25) is 0 Å². The van der Waals surface area contributed by atoms with E-state index in [2.05, 4.69) is 34.6 Å². The molecule has 112 valence electrons. The van der Waals surface area contributed by atoms with Gasteiger partial charge in [0.25, 0.3) is 0 Å². The first-order valence-electron chi connectivity index (χ1n) is 7.56. The Kier molecular flexibility index (Phi) is 6.22. The van der Waals surface area contributed by atoms with E-state index in [4.69, 9.17) is 0 Å². The van der Waals surface area contributed by atoms with Gasteiger partial charge in [-0.15, -0.1) is 0 Å². The molecule has 0 saturated heterocycles. The van der Waals surface area contributed by atoms with Crippen LogP contribution in [0.4, 0.5) is 0 Å². The van der Waals surface area contributed by atoms with E-state index in [9.17, 15) is 9.90 Å². The molecule has 19 heavy (non-hydrogen) atoms. The minimum atomic E-state index is -0.577. The van der Waals surface area contributed by atoms with Gasteiger partial charge >= 0.3 is 5.97 Å². The first kappa shape index (κ1) is 16.9. The van der Waals surface area contributed by atoms with Gasteiger partial charge in [-0.1, -0.05) is 34.6 Å². The van der Waals surface area contributed by atoms with Gasteiger partial charge in [0.15, 0.2) is 0 Å². The summed E-state index contributed by atoms with van der Waals surface area (Å²) in [6.07, 6.45) is 4.11. The largest absolute Gasteiger partial charge is 0.481 e. The van der Waals surface area contributed by atoms with Crippen molar-refractivity contribution >= 4 is 17.7 Å². The first-order chi connectivity index (χ1) is 8.71.